The number of ether oxygens (including phenoxy) is 1. The molecule has 5 N–H and O–H groups in total. The summed E-state index contributed by atoms with van der Waals surface area (Å²) in [5.41, 5.74) is 6.84. The first-order chi connectivity index (χ1) is 11.7. The molecule has 0 unspecified atom stereocenters. The van der Waals surface area contributed by atoms with E-state index in [1.165, 1.54) is 0 Å². The van der Waals surface area contributed by atoms with Gasteiger partial charge in [-0.05, 0) is 35.7 Å². The smallest absolute Gasteiger partial charge is 0.352 e. The number of aromatic carboxylic acids is 1. The minimum atomic E-state index is -0.933. The highest BCUT2D eigenvalue weighted by Gasteiger charge is 2.17. The van der Waals surface area contributed by atoms with Gasteiger partial charge in [-0.15, -0.1) is 0 Å². The summed E-state index contributed by atoms with van der Waals surface area (Å²) in [5.74, 6) is -0.199. The van der Waals surface area contributed by atoms with Crippen LogP contribution in [0.3, 0.4) is 0 Å². The van der Waals surface area contributed by atoms with Gasteiger partial charge in [-0.1, -0.05) is 30.3 Å². The minimum Gasteiger partial charge on any atom is -0.489 e. The van der Waals surface area contributed by atoms with Crippen molar-refractivity contribution >= 4 is 16.9 Å². The van der Waals surface area contributed by atoms with Crippen LogP contribution in [0.1, 0.15) is 28.0 Å². The Morgan fingerprint density at radius 1 is 1.17 bits per heavy atom. The molecule has 0 amide bonds. The first-order valence-electron chi connectivity index (χ1n) is 8.03. The molecule has 0 aliphatic heterocycles. The van der Waals surface area contributed by atoms with Crippen molar-refractivity contribution in [2.24, 2.45) is 0 Å². The molecule has 0 saturated carbocycles. The average Bonchev–Trinajstić information content (AvgIpc) is 2.97. The van der Waals surface area contributed by atoms with Crippen LogP contribution < -0.4 is 10.5 Å². The van der Waals surface area contributed by atoms with Crippen LogP contribution in [0, 0.1) is 0 Å². The van der Waals surface area contributed by atoms with Gasteiger partial charge in [-0.2, -0.15) is 0 Å². The second kappa shape index (κ2) is 7.19. The average molecular weight is 325 g/mol. The van der Waals surface area contributed by atoms with Crippen LogP contribution in [0.15, 0.2) is 48.5 Å². The zero-order valence-electron chi connectivity index (χ0n) is 13.4. The summed E-state index contributed by atoms with van der Waals surface area (Å²) in [6, 6.07) is 15.6. The molecule has 124 valence electrons. The number of carbonyl (C=O) groups is 1. The largest absolute Gasteiger partial charge is 0.489 e. The molecular weight excluding hydrogens is 304 g/mol. The summed E-state index contributed by atoms with van der Waals surface area (Å²) in [4.78, 5) is 14.5. The number of aromatic nitrogens is 1. The normalized spacial score (nSPS) is 10.9. The molecule has 0 aliphatic rings. The third kappa shape index (κ3) is 3.41. The molecule has 0 aliphatic carbocycles. The van der Waals surface area contributed by atoms with Gasteiger partial charge in [0, 0.05) is 17.3 Å². The maximum atomic E-state index is 11.5. The van der Waals surface area contributed by atoms with E-state index in [4.69, 9.17) is 4.74 Å². The maximum absolute atomic E-state index is 11.5. The van der Waals surface area contributed by atoms with Gasteiger partial charge in [-0.3, -0.25) is 0 Å². The number of carboxylic acid groups (broad SMARTS) is 1. The first kappa shape index (κ1) is 16.1. The number of fused-ring (bicyclic) bond motifs is 1. The van der Waals surface area contributed by atoms with Gasteiger partial charge in [0.15, 0.2) is 0 Å². The molecule has 1 aromatic heterocycles. The molecule has 24 heavy (non-hydrogen) atoms. The highest BCUT2D eigenvalue weighted by atomic mass is 16.5. The molecule has 2 aromatic carbocycles. The number of quaternary nitrogens is 1. The summed E-state index contributed by atoms with van der Waals surface area (Å²) < 4.78 is 5.86. The van der Waals surface area contributed by atoms with Crippen LogP contribution >= 0.6 is 0 Å². The van der Waals surface area contributed by atoms with E-state index in [0.29, 0.717) is 13.0 Å². The molecule has 0 bridgehead atoms. The first-order valence-corrected chi connectivity index (χ1v) is 8.03. The van der Waals surface area contributed by atoms with Crippen molar-refractivity contribution in [2.75, 3.05) is 6.54 Å². The molecule has 0 spiro atoms. The summed E-state index contributed by atoms with van der Waals surface area (Å²) in [5, 5.41) is 10.3. The Morgan fingerprint density at radius 2 is 1.96 bits per heavy atom. The van der Waals surface area contributed by atoms with Gasteiger partial charge in [0.1, 0.15) is 18.1 Å². The highest BCUT2D eigenvalue weighted by molar-refractivity contribution is 5.97. The second-order valence-corrected chi connectivity index (χ2v) is 5.72. The van der Waals surface area contributed by atoms with E-state index >= 15 is 0 Å². The van der Waals surface area contributed by atoms with Crippen molar-refractivity contribution < 1.29 is 20.4 Å². The maximum Gasteiger partial charge on any atom is 0.352 e. The number of benzene rings is 2. The Labute approximate surface area is 140 Å². The van der Waals surface area contributed by atoms with Crippen LogP contribution in [0.4, 0.5) is 0 Å². The predicted molar refractivity (Wildman–Crippen MR) is 92.1 cm³/mol. The van der Waals surface area contributed by atoms with E-state index in [0.717, 1.165) is 40.7 Å². The van der Waals surface area contributed by atoms with E-state index in [1.807, 2.05) is 48.5 Å². The van der Waals surface area contributed by atoms with Crippen LogP contribution in [0.2, 0.25) is 0 Å². The number of aromatic amines is 1. The Kier molecular flexibility index (Phi) is 4.82. The number of nitrogens with one attached hydrogen (secondary N) is 1. The van der Waals surface area contributed by atoms with Gasteiger partial charge in [0.2, 0.25) is 0 Å². The van der Waals surface area contributed by atoms with Crippen LogP contribution in [0.25, 0.3) is 10.9 Å². The molecule has 1 heterocycles. The molecule has 0 radical (unpaired) electrons. The molecule has 5 heteroatoms. The zero-order valence-corrected chi connectivity index (χ0v) is 13.4. The molecule has 0 saturated heterocycles. The molecule has 5 nitrogen and oxygen atoms in total. The minimum absolute atomic E-state index is 0.263. The van der Waals surface area contributed by atoms with Gasteiger partial charge in [0.25, 0.3) is 0 Å². The highest BCUT2D eigenvalue weighted by Crippen LogP contribution is 2.28. The van der Waals surface area contributed by atoms with Gasteiger partial charge in [0.05, 0.1) is 6.54 Å². The lowest BCUT2D eigenvalue weighted by Gasteiger charge is -2.07. The fourth-order valence-electron chi connectivity index (χ4n) is 2.80. The van der Waals surface area contributed by atoms with E-state index in [2.05, 4.69) is 10.7 Å². The van der Waals surface area contributed by atoms with Crippen molar-refractivity contribution in [3.63, 3.8) is 0 Å². The van der Waals surface area contributed by atoms with E-state index in [1.54, 1.807) is 0 Å². The topological polar surface area (TPSA) is 90.0 Å². The lowest BCUT2D eigenvalue weighted by atomic mass is 10.1. The molecule has 0 fully saturated rings. The van der Waals surface area contributed by atoms with Crippen molar-refractivity contribution in [2.45, 2.75) is 19.4 Å². The fourth-order valence-corrected chi connectivity index (χ4v) is 2.80. The summed E-state index contributed by atoms with van der Waals surface area (Å²) in [6.07, 6.45) is 1.54. The summed E-state index contributed by atoms with van der Waals surface area (Å²) in [6.45, 7) is 1.26. The number of carboxylic acids is 1. The number of rotatable bonds is 7. The van der Waals surface area contributed by atoms with Crippen LogP contribution in [-0.2, 0) is 13.0 Å². The van der Waals surface area contributed by atoms with Crippen molar-refractivity contribution in [1.29, 1.82) is 0 Å². The third-order valence-electron chi connectivity index (χ3n) is 4.02. The molecule has 3 rings (SSSR count). The standard InChI is InChI=1S/C19H20N2O3/c20-10-4-7-15-16-11-14(24-12-13-5-2-1-3-6-13)8-9-17(16)21-18(15)19(22)23/h1-3,5-6,8-9,11,21H,4,7,10,12,20H2,(H,22,23)/p+1. The van der Waals surface area contributed by atoms with Crippen molar-refractivity contribution in [3.8, 4) is 5.75 Å². The van der Waals surface area contributed by atoms with Crippen molar-refractivity contribution in [3.05, 3.63) is 65.4 Å². The summed E-state index contributed by atoms with van der Waals surface area (Å²) in [7, 11) is 0. The Bertz CT molecular complexity index is 840. The van der Waals surface area contributed by atoms with E-state index < -0.39 is 5.97 Å². The van der Waals surface area contributed by atoms with E-state index in [9.17, 15) is 9.90 Å². The third-order valence-corrected chi connectivity index (χ3v) is 4.02. The number of hydrogen-bond acceptors (Lipinski definition) is 2. The predicted octanol–water partition coefficient (Wildman–Crippen LogP) is 2.62. The zero-order chi connectivity index (χ0) is 16.9. The lowest BCUT2D eigenvalue weighted by Crippen LogP contribution is -2.50. The van der Waals surface area contributed by atoms with Gasteiger partial charge < -0.3 is 20.6 Å². The molecular formula is C19H21N2O3+. The van der Waals surface area contributed by atoms with Gasteiger partial charge >= 0.3 is 5.97 Å². The SMILES string of the molecule is [NH3+]CCCc1c(C(=O)O)[nH]c2ccc(OCc3ccccc3)cc12. The number of H-pyrrole nitrogens is 1. The number of hydrogen-bond donors (Lipinski definition) is 3. The molecule has 3 aromatic rings. The Balaban J connectivity index is 1.89. The second-order valence-electron chi connectivity index (χ2n) is 5.72. The number of aryl methyl sites for hydroxylation is 1. The lowest BCUT2D eigenvalue weighted by molar-refractivity contribution is -0.368. The fraction of sp³-hybridized carbons (Fsp3) is 0.211. The van der Waals surface area contributed by atoms with Crippen molar-refractivity contribution in [1.82, 2.24) is 4.98 Å². The Hall–Kier alpha value is -2.79. The quantitative estimate of drug-likeness (QED) is 0.624. The van der Waals surface area contributed by atoms with Gasteiger partial charge in [-0.25, -0.2) is 4.79 Å². The van der Waals surface area contributed by atoms with Crippen LogP contribution in [0.5, 0.6) is 5.75 Å². The Morgan fingerprint density at radius 3 is 2.67 bits per heavy atom. The van der Waals surface area contributed by atoms with Crippen LogP contribution in [-0.4, -0.2) is 22.6 Å². The molecule has 0 atom stereocenters. The summed E-state index contributed by atoms with van der Waals surface area (Å²) >= 11 is 0. The van der Waals surface area contributed by atoms with E-state index in [-0.39, 0.29) is 5.69 Å². The monoisotopic (exact) mass is 325 g/mol.